The summed E-state index contributed by atoms with van der Waals surface area (Å²) in [5.41, 5.74) is 1.68. The quantitative estimate of drug-likeness (QED) is 0.833. The zero-order valence-corrected chi connectivity index (χ0v) is 15.7. The summed E-state index contributed by atoms with van der Waals surface area (Å²) in [5.74, 6) is 0.320. The Labute approximate surface area is 159 Å². The lowest BCUT2D eigenvalue weighted by Gasteiger charge is -2.48. The number of piperidine rings is 2. The van der Waals surface area contributed by atoms with E-state index in [9.17, 15) is 9.59 Å². The van der Waals surface area contributed by atoms with Crippen LogP contribution < -0.4 is 0 Å². The molecule has 2 aromatic rings. The van der Waals surface area contributed by atoms with Gasteiger partial charge in [0.25, 0.3) is 5.91 Å². The van der Waals surface area contributed by atoms with Crippen LogP contribution in [-0.2, 0) is 4.79 Å². The van der Waals surface area contributed by atoms with Crippen LogP contribution in [0.1, 0.15) is 43.0 Å². The van der Waals surface area contributed by atoms with Crippen molar-refractivity contribution in [2.24, 2.45) is 5.41 Å². The van der Waals surface area contributed by atoms with Gasteiger partial charge in [0.05, 0.1) is 0 Å². The summed E-state index contributed by atoms with van der Waals surface area (Å²) in [4.78, 5) is 29.0. The van der Waals surface area contributed by atoms with E-state index in [1.54, 1.807) is 12.7 Å². The molecular weight excluding hydrogens is 342 g/mol. The number of benzene rings is 1. The summed E-state index contributed by atoms with van der Waals surface area (Å²) >= 11 is 0. The Morgan fingerprint density at radius 2 is 1.85 bits per heavy atom. The van der Waals surface area contributed by atoms with E-state index in [0.717, 1.165) is 51.1 Å². The molecule has 7 nitrogen and oxygen atoms in total. The summed E-state index contributed by atoms with van der Waals surface area (Å²) in [7, 11) is 0. The molecular formula is C20H25N5O2. The maximum Gasteiger partial charge on any atom is 0.253 e. The van der Waals surface area contributed by atoms with Crippen molar-refractivity contribution >= 4 is 11.8 Å². The Morgan fingerprint density at radius 3 is 2.56 bits per heavy atom. The van der Waals surface area contributed by atoms with Gasteiger partial charge >= 0.3 is 0 Å². The number of hydrogen-bond donors (Lipinski definition) is 0. The van der Waals surface area contributed by atoms with E-state index in [1.807, 2.05) is 45.6 Å². The molecule has 142 valence electrons. The Bertz CT molecular complexity index is 817. The third-order valence-corrected chi connectivity index (χ3v) is 5.91. The molecule has 4 rings (SSSR count). The van der Waals surface area contributed by atoms with Gasteiger partial charge in [0.2, 0.25) is 5.91 Å². The molecule has 1 atom stereocenters. The molecule has 2 amide bonds. The highest BCUT2D eigenvalue weighted by molar-refractivity contribution is 5.94. The largest absolute Gasteiger partial charge is 0.342 e. The molecule has 1 aromatic heterocycles. The van der Waals surface area contributed by atoms with Gasteiger partial charge in [-0.3, -0.25) is 14.2 Å². The first-order valence-electron chi connectivity index (χ1n) is 9.62. The summed E-state index contributed by atoms with van der Waals surface area (Å²) in [6, 6.07) is 7.55. The molecule has 2 saturated heterocycles. The number of aromatic nitrogens is 3. The average molecular weight is 367 g/mol. The van der Waals surface area contributed by atoms with E-state index in [0.29, 0.717) is 12.0 Å². The molecule has 0 radical (unpaired) electrons. The molecule has 1 unspecified atom stereocenters. The first-order valence-corrected chi connectivity index (χ1v) is 9.62. The summed E-state index contributed by atoms with van der Waals surface area (Å²) < 4.78 is 1.81. The molecule has 0 bridgehead atoms. The smallest absolute Gasteiger partial charge is 0.253 e. The van der Waals surface area contributed by atoms with Gasteiger partial charge in [0.1, 0.15) is 12.7 Å². The number of likely N-dealkylation sites (tertiary alicyclic amines) is 2. The average Bonchev–Trinajstić information content (AvgIpc) is 3.25. The summed E-state index contributed by atoms with van der Waals surface area (Å²) in [6.07, 6.45) is 6.84. The highest BCUT2D eigenvalue weighted by Gasteiger charge is 2.42. The second kappa shape index (κ2) is 7.13. The van der Waals surface area contributed by atoms with Crippen LogP contribution in [0.3, 0.4) is 0 Å². The fourth-order valence-corrected chi connectivity index (χ4v) is 4.40. The predicted molar refractivity (Wildman–Crippen MR) is 100 cm³/mol. The summed E-state index contributed by atoms with van der Waals surface area (Å²) in [5, 5.41) is 7.61. The fraction of sp³-hybridized carbons (Fsp3) is 0.500. The van der Waals surface area contributed by atoms with E-state index < -0.39 is 0 Å². The second-order valence-corrected chi connectivity index (χ2v) is 7.65. The fourth-order valence-electron chi connectivity index (χ4n) is 4.40. The molecule has 3 heterocycles. The van der Waals surface area contributed by atoms with Gasteiger partial charge in [-0.15, -0.1) is 10.2 Å². The molecule has 0 N–H and O–H groups in total. The molecule has 27 heavy (non-hydrogen) atoms. The normalized spacial score (nSPS) is 23.1. The molecule has 2 aliphatic rings. The number of carbonyl (C=O) groups excluding carboxylic acids is 2. The van der Waals surface area contributed by atoms with Gasteiger partial charge in [-0.05, 0) is 50.5 Å². The van der Waals surface area contributed by atoms with E-state index in [1.165, 1.54) is 0 Å². The molecule has 0 aliphatic carbocycles. The molecule has 0 saturated carbocycles. The maximum atomic E-state index is 13.1. The van der Waals surface area contributed by atoms with Crippen molar-refractivity contribution < 1.29 is 9.59 Å². The molecule has 2 aliphatic heterocycles. The zero-order chi connectivity index (χ0) is 18.9. The van der Waals surface area contributed by atoms with Gasteiger partial charge in [-0.1, -0.05) is 0 Å². The molecule has 1 aromatic carbocycles. The topological polar surface area (TPSA) is 71.3 Å². The first-order chi connectivity index (χ1) is 13.1. The number of nitrogens with zero attached hydrogens (tertiary/aromatic N) is 5. The third-order valence-electron chi connectivity index (χ3n) is 5.91. The predicted octanol–water partition coefficient (Wildman–Crippen LogP) is 2.13. The van der Waals surface area contributed by atoms with Crippen LogP contribution in [0, 0.1) is 5.41 Å². The Balaban J connectivity index is 1.48. The Morgan fingerprint density at radius 1 is 1.11 bits per heavy atom. The van der Waals surface area contributed by atoms with Crippen molar-refractivity contribution in [3.05, 3.63) is 42.5 Å². The lowest BCUT2D eigenvalue weighted by molar-refractivity contribution is -0.138. The molecule has 2 fully saturated rings. The van der Waals surface area contributed by atoms with Gasteiger partial charge in [0.15, 0.2) is 0 Å². The lowest BCUT2D eigenvalue weighted by Crippen LogP contribution is -2.55. The maximum absolute atomic E-state index is 13.1. The van der Waals surface area contributed by atoms with Crippen molar-refractivity contribution in [3.8, 4) is 5.69 Å². The van der Waals surface area contributed by atoms with Gasteiger partial charge in [-0.25, -0.2) is 0 Å². The number of amides is 2. The molecule has 1 spiro atoms. The van der Waals surface area contributed by atoms with Crippen LogP contribution in [-0.4, -0.2) is 62.6 Å². The number of rotatable bonds is 3. The van der Waals surface area contributed by atoms with Crippen LogP contribution >= 0.6 is 0 Å². The third kappa shape index (κ3) is 3.46. The van der Waals surface area contributed by atoms with E-state index in [2.05, 4.69) is 10.2 Å². The van der Waals surface area contributed by atoms with E-state index in [4.69, 9.17) is 0 Å². The van der Waals surface area contributed by atoms with Crippen molar-refractivity contribution in [2.45, 2.75) is 32.6 Å². The lowest BCUT2D eigenvalue weighted by atomic mass is 9.73. The van der Waals surface area contributed by atoms with Gasteiger partial charge in [-0.2, -0.15) is 0 Å². The van der Waals surface area contributed by atoms with Crippen molar-refractivity contribution in [3.63, 3.8) is 0 Å². The minimum Gasteiger partial charge on any atom is -0.342 e. The van der Waals surface area contributed by atoms with E-state index in [-0.39, 0.29) is 17.2 Å². The van der Waals surface area contributed by atoms with Crippen LogP contribution in [0.4, 0.5) is 0 Å². The Kier molecular flexibility index (Phi) is 4.68. The SMILES string of the molecule is CCN1CC2(CCCN(C(=O)c3ccc(-n4cnnc4)cc3)C2)CCC1=O. The van der Waals surface area contributed by atoms with Crippen LogP contribution in [0.15, 0.2) is 36.9 Å². The van der Waals surface area contributed by atoms with Crippen LogP contribution in [0.25, 0.3) is 5.69 Å². The summed E-state index contributed by atoms with van der Waals surface area (Å²) in [6.45, 7) is 5.08. The van der Waals surface area contributed by atoms with Gasteiger partial charge in [0, 0.05) is 49.3 Å². The Hall–Kier alpha value is -2.70. The van der Waals surface area contributed by atoms with E-state index >= 15 is 0 Å². The highest BCUT2D eigenvalue weighted by Crippen LogP contribution is 2.39. The zero-order valence-electron chi connectivity index (χ0n) is 15.7. The minimum atomic E-state index is 0.0558. The standard InChI is InChI=1S/C20H25N5O2/c1-2-23-12-20(10-8-18(23)26)9-3-11-24(13-20)19(27)16-4-6-17(7-5-16)25-14-21-22-15-25/h4-7,14-15H,2-3,8-13H2,1H3. The van der Waals surface area contributed by atoms with Crippen molar-refractivity contribution in [2.75, 3.05) is 26.2 Å². The number of hydrogen-bond acceptors (Lipinski definition) is 4. The first kappa shape index (κ1) is 17.7. The monoisotopic (exact) mass is 367 g/mol. The van der Waals surface area contributed by atoms with Crippen molar-refractivity contribution in [1.29, 1.82) is 0 Å². The van der Waals surface area contributed by atoms with Crippen LogP contribution in [0.5, 0.6) is 0 Å². The number of carbonyl (C=O) groups is 2. The second-order valence-electron chi connectivity index (χ2n) is 7.65. The minimum absolute atomic E-state index is 0.0558. The highest BCUT2D eigenvalue weighted by atomic mass is 16.2. The molecule has 7 heteroatoms. The van der Waals surface area contributed by atoms with Gasteiger partial charge < -0.3 is 9.80 Å². The van der Waals surface area contributed by atoms with Crippen LogP contribution in [0.2, 0.25) is 0 Å². The van der Waals surface area contributed by atoms with Crippen molar-refractivity contribution in [1.82, 2.24) is 24.6 Å².